The van der Waals surface area contributed by atoms with Crippen LogP contribution in [0.25, 0.3) is 0 Å². The molecule has 0 spiro atoms. The zero-order valence-electron chi connectivity index (χ0n) is 11.9. The van der Waals surface area contributed by atoms with Crippen LogP contribution in [0.3, 0.4) is 0 Å². The van der Waals surface area contributed by atoms with Crippen molar-refractivity contribution in [3.05, 3.63) is 65.2 Å². The molecule has 1 atom stereocenters. The van der Waals surface area contributed by atoms with E-state index in [1.54, 1.807) is 0 Å². The van der Waals surface area contributed by atoms with E-state index in [1.807, 2.05) is 56.3 Å². The third-order valence-electron chi connectivity index (χ3n) is 3.14. The highest BCUT2D eigenvalue weighted by Crippen LogP contribution is 2.17. The second-order valence-electron chi connectivity index (χ2n) is 5.15. The van der Waals surface area contributed by atoms with E-state index in [1.165, 1.54) is 0 Å². The van der Waals surface area contributed by atoms with Gasteiger partial charge in [-0.2, -0.15) is 0 Å². The summed E-state index contributed by atoms with van der Waals surface area (Å²) < 4.78 is 0. The molecule has 0 aromatic heterocycles. The van der Waals surface area contributed by atoms with Crippen LogP contribution in [-0.2, 0) is 4.79 Å². The zero-order valence-corrected chi connectivity index (χ0v) is 11.9. The summed E-state index contributed by atoms with van der Waals surface area (Å²) in [7, 11) is 0. The first-order valence-electron chi connectivity index (χ1n) is 6.73. The third-order valence-corrected chi connectivity index (χ3v) is 3.14. The van der Waals surface area contributed by atoms with Gasteiger partial charge >= 0.3 is 0 Å². The van der Waals surface area contributed by atoms with Gasteiger partial charge in [-0.1, -0.05) is 36.4 Å². The van der Waals surface area contributed by atoms with E-state index in [0.29, 0.717) is 0 Å². The lowest BCUT2D eigenvalue weighted by Gasteiger charge is -2.12. The number of anilines is 1. The summed E-state index contributed by atoms with van der Waals surface area (Å²) in [5.74, 6) is -0.0636. The van der Waals surface area contributed by atoms with E-state index in [4.69, 9.17) is 5.73 Å². The molecule has 0 heterocycles. The molecule has 2 aromatic rings. The first-order valence-corrected chi connectivity index (χ1v) is 6.73. The second kappa shape index (κ2) is 6.35. The van der Waals surface area contributed by atoms with E-state index in [2.05, 4.69) is 11.4 Å². The fourth-order valence-corrected chi connectivity index (χ4v) is 2.28. The van der Waals surface area contributed by atoms with Crippen molar-refractivity contribution in [2.75, 3.05) is 5.32 Å². The molecule has 3 N–H and O–H groups in total. The fourth-order valence-electron chi connectivity index (χ4n) is 2.28. The minimum Gasteiger partial charge on any atom is -0.326 e. The van der Waals surface area contributed by atoms with Gasteiger partial charge in [0.1, 0.15) is 0 Å². The van der Waals surface area contributed by atoms with E-state index < -0.39 is 0 Å². The van der Waals surface area contributed by atoms with E-state index in [-0.39, 0.29) is 18.4 Å². The summed E-state index contributed by atoms with van der Waals surface area (Å²) >= 11 is 0. The lowest BCUT2D eigenvalue weighted by Crippen LogP contribution is -2.20. The van der Waals surface area contributed by atoms with Crippen LogP contribution >= 0.6 is 0 Å². The van der Waals surface area contributed by atoms with Crippen LogP contribution in [0.1, 0.15) is 29.2 Å². The van der Waals surface area contributed by atoms with Crippen LogP contribution in [0.5, 0.6) is 0 Å². The van der Waals surface area contributed by atoms with Gasteiger partial charge in [-0.25, -0.2) is 0 Å². The van der Waals surface area contributed by atoms with E-state index >= 15 is 0 Å². The molecule has 1 unspecified atom stereocenters. The molecule has 1 amide bonds. The van der Waals surface area contributed by atoms with Crippen LogP contribution in [0.2, 0.25) is 0 Å². The first-order chi connectivity index (χ1) is 9.54. The minimum absolute atomic E-state index is 0.0636. The molecule has 3 nitrogen and oxygen atoms in total. The Morgan fingerprint density at radius 2 is 1.70 bits per heavy atom. The quantitative estimate of drug-likeness (QED) is 0.893. The number of carbonyl (C=O) groups excluding carboxylic acids is 1. The molecule has 0 saturated carbocycles. The number of nitrogens with two attached hydrogens (primary N) is 1. The summed E-state index contributed by atoms with van der Waals surface area (Å²) in [5.41, 5.74) is 10.1. The minimum atomic E-state index is -0.276. The number of hydrogen-bond donors (Lipinski definition) is 2. The molecule has 0 bridgehead atoms. The molecule has 104 valence electrons. The van der Waals surface area contributed by atoms with E-state index in [9.17, 15) is 4.79 Å². The highest BCUT2D eigenvalue weighted by atomic mass is 16.1. The number of hydrogen-bond acceptors (Lipinski definition) is 2. The highest BCUT2D eigenvalue weighted by molar-refractivity contribution is 5.91. The predicted octanol–water partition coefficient (Wildman–Crippen LogP) is 3.33. The molecule has 2 rings (SSSR count). The molecule has 3 heteroatoms. The maximum Gasteiger partial charge on any atom is 0.226 e. The fraction of sp³-hybridized carbons (Fsp3) is 0.235. The topological polar surface area (TPSA) is 55.1 Å². The lowest BCUT2D eigenvalue weighted by atomic mass is 10.0. The maximum absolute atomic E-state index is 12.0. The van der Waals surface area contributed by atoms with Gasteiger partial charge < -0.3 is 11.1 Å². The Balaban J connectivity index is 1.99. The van der Waals surface area contributed by atoms with Gasteiger partial charge in [0.15, 0.2) is 0 Å². The van der Waals surface area contributed by atoms with Crippen molar-refractivity contribution in [2.24, 2.45) is 5.73 Å². The highest BCUT2D eigenvalue weighted by Gasteiger charge is 2.11. The molecule has 2 aromatic carbocycles. The lowest BCUT2D eigenvalue weighted by molar-refractivity contribution is -0.116. The summed E-state index contributed by atoms with van der Waals surface area (Å²) in [6.45, 7) is 4.02. The van der Waals surface area contributed by atoms with E-state index in [0.717, 1.165) is 22.4 Å². The largest absolute Gasteiger partial charge is 0.326 e. The molecule has 20 heavy (non-hydrogen) atoms. The third kappa shape index (κ3) is 3.93. The van der Waals surface area contributed by atoms with Gasteiger partial charge in [-0.3, -0.25) is 4.79 Å². The summed E-state index contributed by atoms with van der Waals surface area (Å²) in [4.78, 5) is 12.0. The van der Waals surface area contributed by atoms with Crippen LogP contribution in [0, 0.1) is 13.8 Å². The standard InChI is InChI=1S/C17H20N2O/c1-12-8-13(2)10-15(9-12)19-17(20)11-16(18)14-6-4-3-5-7-14/h3-10,16H,11,18H2,1-2H3,(H,19,20). The second-order valence-corrected chi connectivity index (χ2v) is 5.15. The Morgan fingerprint density at radius 1 is 1.10 bits per heavy atom. The van der Waals surface area contributed by atoms with Crippen LogP contribution < -0.4 is 11.1 Å². The Kier molecular flexibility index (Phi) is 4.53. The Morgan fingerprint density at radius 3 is 2.30 bits per heavy atom. The van der Waals surface area contributed by atoms with Gasteiger partial charge in [0.25, 0.3) is 0 Å². The smallest absolute Gasteiger partial charge is 0.226 e. The molecule has 0 aliphatic heterocycles. The van der Waals surface area contributed by atoms with Crippen molar-refractivity contribution in [3.8, 4) is 0 Å². The van der Waals surface area contributed by atoms with Gasteiger partial charge in [-0.15, -0.1) is 0 Å². The Hall–Kier alpha value is -2.13. The Labute approximate surface area is 119 Å². The van der Waals surface area contributed by atoms with Crippen molar-refractivity contribution < 1.29 is 4.79 Å². The number of aryl methyl sites for hydroxylation is 2. The van der Waals surface area contributed by atoms with Crippen molar-refractivity contribution in [1.82, 2.24) is 0 Å². The van der Waals surface area contributed by atoms with Gasteiger partial charge in [0, 0.05) is 18.2 Å². The number of nitrogens with one attached hydrogen (secondary N) is 1. The number of carbonyl (C=O) groups is 1. The summed E-state index contributed by atoms with van der Waals surface area (Å²) in [6.07, 6.45) is 0.275. The van der Waals surface area contributed by atoms with Crippen LogP contribution in [0.15, 0.2) is 48.5 Å². The average molecular weight is 268 g/mol. The Bertz CT molecular complexity index is 573. The van der Waals surface area contributed by atoms with Crippen molar-refractivity contribution >= 4 is 11.6 Å². The van der Waals surface area contributed by atoms with Crippen LogP contribution in [0.4, 0.5) is 5.69 Å². The summed E-state index contributed by atoms with van der Waals surface area (Å²) in [6, 6.07) is 15.4. The molecular formula is C17H20N2O. The molecule has 0 radical (unpaired) electrons. The number of amides is 1. The summed E-state index contributed by atoms with van der Waals surface area (Å²) in [5, 5.41) is 2.91. The zero-order chi connectivity index (χ0) is 14.5. The molecule has 0 aliphatic rings. The average Bonchev–Trinajstić information content (AvgIpc) is 2.38. The van der Waals surface area contributed by atoms with Crippen molar-refractivity contribution in [2.45, 2.75) is 26.3 Å². The predicted molar refractivity (Wildman–Crippen MR) is 82.5 cm³/mol. The van der Waals surface area contributed by atoms with Crippen molar-refractivity contribution in [3.63, 3.8) is 0 Å². The molecular weight excluding hydrogens is 248 g/mol. The van der Waals surface area contributed by atoms with Crippen molar-refractivity contribution in [1.29, 1.82) is 0 Å². The SMILES string of the molecule is Cc1cc(C)cc(NC(=O)CC(N)c2ccccc2)c1. The molecule has 0 aliphatic carbocycles. The first kappa shape index (κ1) is 14.3. The molecule has 0 fully saturated rings. The number of benzene rings is 2. The normalized spacial score (nSPS) is 11.9. The van der Waals surface area contributed by atoms with Crippen LogP contribution in [-0.4, -0.2) is 5.91 Å². The molecule has 0 saturated heterocycles. The number of rotatable bonds is 4. The van der Waals surface area contributed by atoms with Gasteiger partial charge in [0.2, 0.25) is 5.91 Å². The van der Waals surface area contributed by atoms with Gasteiger partial charge in [-0.05, 0) is 42.7 Å². The maximum atomic E-state index is 12.0. The van der Waals surface area contributed by atoms with Gasteiger partial charge in [0.05, 0.1) is 0 Å². The monoisotopic (exact) mass is 268 g/mol.